The van der Waals surface area contributed by atoms with E-state index < -0.39 is 0 Å². The van der Waals surface area contributed by atoms with E-state index in [1.807, 2.05) is 12.1 Å². The highest BCUT2D eigenvalue weighted by molar-refractivity contribution is 6.30. The van der Waals surface area contributed by atoms with Crippen LogP contribution >= 0.6 is 11.6 Å². The first-order chi connectivity index (χ1) is 8.52. The molecule has 0 radical (unpaired) electrons. The van der Waals surface area contributed by atoms with Crippen LogP contribution < -0.4 is 16.0 Å². The highest BCUT2D eigenvalue weighted by atomic mass is 35.5. The van der Waals surface area contributed by atoms with Gasteiger partial charge in [-0.25, -0.2) is 0 Å². The lowest BCUT2D eigenvalue weighted by Crippen LogP contribution is -2.37. The van der Waals surface area contributed by atoms with E-state index in [1.165, 1.54) is 5.69 Å². The number of hydrogen-bond donors (Lipinski definition) is 2. The quantitative estimate of drug-likeness (QED) is 0.879. The van der Waals surface area contributed by atoms with Crippen LogP contribution in [-0.4, -0.2) is 19.6 Å². The van der Waals surface area contributed by atoms with Crippen molar-refractivity contribution in [3.05, 3.63) is 41.2 Å². The maximum atomic E-state index is 5.92. The second-order valence-corrected chi connectivity index (χ2v) is 5.53. The molecule has 98 valence electrons. The van der Waals surface area contributed by atoms with Crippen molar-refractivity contribution in [1.82, 2.24) is 5.32 Å². The van der Waals surface area contributed by atoms with E-state index in [0.29, 0.717) is 0 Å². The minimum atomic E-state index is 0.0831. The van der Waals surface area contributed by atoms with Gasteiger partial charge >= 0.3 is 0 Å². The summed E-state index contributed by atoms with van der Waals surface area (Å²) in [5.41, 5.74) is 7.08. The summed E-state index contributed by atoms with van der Waals surface area (Å²) in [5, 5.41) is 3.96. The van der Waals surface area contributed by atoms with Crippen LogP contribution in [0.15, 0.2) is 36.2 Å². The second kappa shape index (κ2) is 5.11. The topological polar surface area (TPSA) is 41.3 Å². The first-order valence-electron chi connectivity index (χ1n) is 6.25. The summed E-state index contributed by atoms with van der Waals surface area (Å²) in [6.45, 7) is 7.18. The summed E-state index contributed by atoms with van der Waals surface area (Å²) >= 11 is 5.92. The number of rotatable bonds is 4. The van der Waals surface area contributed by atoms with Crippen molar-refractivity contribution < 1.29 is 0 Å². The predicted molar refractivity (Wildman–Crippen MR) is 77.7 cm³/mol. The molecule has 1 atom stereocenters. The molecule has 18 heavy (non-hydrogen) atoms. The van der Waals surface area contributed by atoms with E-state index in [2.05, 4.69) is 42.3 Å². The zero-order valence-corrected chi connectivity index (χ0v) is 11.7. The molecule has 1 heterocycles. The fourth-order valence-corrected chi connectivity index (χ4v) is 2.48. The fourth-order valence-electron chi connectivity index (χ4n) is 2.36. The molecule has 0 saturated carbocycles. The van der Waals surface area contributed by atoms with E-state index in [4.69, 9.17) is 17.3 Å². The van der Waals surface area contributed by atoms with Gasteiger partial charge in [0.1, 0.15) is 0 Å². The Morgan fingerprint density at radius 1 is 1.39 bits per heavy atom. The smallest absolute Gasteiger partial charge is 0.0926 e. The third kappa shape index (κ3) is 2.91. The van der Waals surface area contributed by atoms with E-state index in [1.54, 1.807) is 0 Å². The van der Waals surface area contributed by atoms with Gasteiger partial charge in [-0.15, -0.1) is 0 Å². The summed E-state index contributed by atoms with van der Waals surface area (Å²) < 4.78 is 0. The molecule has 0 unspecified atom stereocenters. The van der Waals surface area contributed by atoms with E-state index >= 15 is 0 Å². The van der Waals surface area contributed by atoms with Crippen molar-refractivity contribution in [3.63, 3.8) is 0 Å². The number of halogens is 1. The van der Waals surface area contributed by atoms with Crippen molar-refractivity contribution >= 4 is 17.3 Å². The molecule has 1 aliphatic heterocycles. The summed E-state index contributed by atoms with van der Waals surface area (Å²) in [7, 11) is 0. The molecule has 0 saturated heterocycles. The molecule has 0 spiro atoms. The number of nitrogens with two attached hydrogens (primary N) is 1. The van der Waals surface area contributed by atoms with Gasteiger partial charge in [0.25, 0.3) is 0 Å². The molecule has 0 aliphatic carbocycles. The summed E-state index contributed by atoms with van der Waals surface area (Å²) in [5.74, 6) is 0.782. The molecule has 2 rings (SSSR count). The molecule has 0 fully saturated rings. The van der Waals surface area contributed by atoms with E-state index in [-0.39, 0.29) is 5.41 Å². The Morgan fingerprint density at radius 2 is 2.06 bits per heavy atom. The molecule has 0 aromatic heterocycles. The molecular formula is C14H20ClN3. The predicted octanol–water partition coefficient (Wildman–Crippen LogP) is 2.58. The largest absolute Gasteiger partial charge is 0.386 e. The monoisotopic (exact) mass is 265 g/mol. The summed E-state index contributed by atoms with van der Waals surface area (Å²) in [4.78, 5) is 2.34. The molecule has 1 aromatic carbocycles. The maximum Gasteiger partial charge on any atom is 0.0926 e. The number of anilines is 1. The Bertz CT molecular complexity index is 441. The van der Waals surface area contributed by atoms with Gasteiger partial charge in [-0.3, -0.25) is 0 Å². The zero-order valence-electron chi connectivity index (χ0n) is 10.9. The summed E-state index contributed by atoms with van der Waals surface area (Å²) in [6.07, 6.45) is 2.12. The van der Waals surface area contributed by atoms with Crippen molar-refractivity contribution in [1.29, 1.82) is 0 Å². The van der Waals surface area contributed by atoms with Crippen LogP contribution in [0.3, 0.4) is 0 Å². The lowest BCUT2D eigenvalue weighted by Gasteiger charge is -2.31. The molecule has 0 amide bonds. The average Bonchev–Trinajstić information content (AvgIpc) is 2.68. The zero-order chi connectivity index (χ0) is 13.2. The third-order valence-electron chi connectivity index (χ3n) is 3.33. The van der Waals surface area contributed by atoms with E-state index in [9.17, 15) is 0 Å². The maximum absolute atomic E-state index is 5.92. The van der Waals surface area contributed by atoms with Crippen molar-refractivity contribution in [2.75, 3.05) is 24.5 Å². The Morgan fingerprint density at radius 3 is 2.56 bits per heavy atom. The van der Waals surface area contributed by atoms with Crippen molar-refractivity contribution in [2.45, 2.75) is 13.8 Å². The van der Waals surface area contributed by atoms with Crippen LogP contribution in [0.4, 0.5) is 5.69 Å². The number of nitrogens with zero attached hydrogens (tertiary/aromatic N) is 1. The average molecular weight is 266 g/mol. The SMILES string of the molecule is CCN(C[C@]1(C)C=C(N)NC1)c1ccc(Cl)cc1. The van der Waals surface area contributed by atoms with Crippen LogP contribution in [0.1, 0.15) is 13.8 Å². The van der Waals surface area contributed by atoms with Crippen LogP contribution in [0.5, 0.6) is 0 Å². The summed E-state index contributed by atoms with van der Waals surface area (Å²) in [6, 6.07) is 7.98. The normalized spacial score (nSPS) is 22.5. The molecule has 3 nitrogen and oxygen atoms in total. The molecule has 3 N–H and O–H groups in total. The van der Waals surface area contributed by atoms with Gasteiger partial charge in [0, 0.05) is 35.8 Å². The van der Waals surface area contributed by atoms with Gasteiger partial charge in [-0.2, -0.15) is 0 Å². The Hall–Kier alpha value is -1.35. The van der Waals surface area contributed by atoms with Crippen LogP contribution in [-0.2, 0) is 0 Å². The first kappa shape index (κ1) is 13.1. The third-order valence-corrected chi connectivity index (χ3v) is 3.58. The van der Waals surface area contributed by atoms with Crippen molar-refractivity contribution in [2.24, 2.45) is 11.1 Å². The first-order valence-corrected chi connectivity index (χ1v) is 6.63. The van der Waals surface area contributed by atoms with Gasteiger partial charge in [-0.05, 0) is 37.3 Å². The van der Waals surface area contributed by atoms with E-state index in [0.717, 1.165) is 30.5 Å². The van der Waals surface area contributed by atoms with Gasteiger partial charge in [0.2, 0.25) is 0 Å². The molecular weight excluding hydrogens is 246 g/mol. The minimum absolute atomic E-state index is 0.0831. The highest BCUT2D eigenvalue weighted by Crippen LogP contribution is 2.27. The molecule has 4 heteroatoms. The van der Waals surface area contributed by atoms with Gasteiger partial charge in [0.15, 0.2) is 0 Å². The standard InChI is InChI=1S/C14H20ClN3/c1-3-18(12-6-4-11(15)5-7-12)10-14(2)8-13(16)17-9-14/h4-8,17H,3,9-10,16H2,1-2H3/t14-/m1/s1. The minimum Gasteiger partial charge on any atom is -0.386 e. The number of benzene rings is 1. The molecule has 0 bridgehead atoms. The Kier molecular flexibility index (Phi) is 3.71. The molecule has 1 aliphatic rings. The van der Waals surface area contributed by atoms with Gasteiger partial charge < -0.3 is 16.0 Å². The van der Waals surface area contributed by atoms with Gasteiger partial charge in [-0.1, -0.05) is 18.5 Å². The van der Waals surface area contributed by atoms with Crippen LogP contribution in [0.25, 0.3) is 0 Å². The lowest BCUT2D eigenvalue weighted by atomic mass is 9.91. The van der Waals surface area contributed by atoms with Crippen molar-refractivity contribution in [3.8, 4) is 0 Å². The number of hydrogen-bond acceptors (Lipinski definition) is 3. The Labute approximate surface area is 114 Å². The fraction of sp³-hybridized carbons (Fsp3) is 0.429. The molecule has 1 aromatic rings. The van der Waals surface area contributed by atoms with Crippen LogP contribution in [0, 0.1) is 5.41 Å². The second-order valence-electron chi connectivity index (χ2n) is 5.10. The van der Waals surface area contributed by atoms with Crippen LogP contribution in [0.2, 0.25) is 5.02 Å². The lowest BCUT2D eigenvalue weighted by molar-refractivity contribution is 0.439. The number of nitrogens with one attached hydrogen (secondary N) is 1. The Balaban J connectivity index is 2.13. The van der Waals surface area contributed by atoms with Gasteiger partial charge in [0.05, 0.1) is 5.82 Å². The highest BCUT2D eigenvalue weighted by Gasteiger charge is 2.29.